The molecule has 4 heteroatoms. The molecule has 1 amide bonds. The molecule has 1 aliphatic rings. The van der Waals surface area contributed by atoms with Gasteiger partial charge in [-0.05, 0) is 38.4 Å². The first-order valence-corrected chi connectivity index (χ1v) is 5.76. The van der Waals surface area contributed by atoms with Crippen LogP contribution >= 0.6 is 0 Å². The summed E-state index contributed by atoms with van der Waals surface area (Å²) in [6.07, 6.45) is 3.12. The topological polar surface area (TPSA) is 54.3 Å². The van der Waals surface area contributed by atoms with E-state index in [0.29, 0.717) is 6.42 Å². The maximum Gasteiger partial charge on any atom is 0.222 e. The molecule has 0 radical (unpaired) electrons. The van der Waals surface area contributed by atoms with E-state index in [1.54, 1.807) is 6.26 Å². The number of rotatable bonds is 3. The summed E-state index contributed by atoms with van der Waals surface area (Å²) in [6, 6.07) is 2.20. The molecule has 0 saturated carbocycles. The Hall–Kier alpha value is -1.29. The zero-order chi connectivity index (χ0) is 11.5. The highest BCUT2D eigenvalue weighted by molar-refractivity contribution is 5.77. The predicted molar refractivity (Wildman–Crippen MR) is 61.1 cm³/mol. The summed E-state index contributed by atoms with van der Waals surface area (Å²) in [7, 11) is 0. The smallest absolute Gasteiger partial charge is 0.222 e. The van der Waals surface area contributed by atoms with Gasteiger partial charge in [0.2, 0.25) is 5.91 Å². The zero-order valence-corrected chi connectivity index (χ0v) is 9.75. The Kier molecular flexibility index (Phi) is 3.29. The van der Waals surface area contributed by atoms with Crippen LogP contribution in [0.2, 0.25) is 0 Å². The second kappa shape index (κ2) is 4.70. The minimum Gasteiger partial charge on any atom is -0.467 e. The van der Waals surface area contributed by atoms with Crippen LogP contribution in [0.4, 0.5) is 0 Å². The van der Waals surface area contributed by atoms with Crippen molar-refractivity contribution in [1.29, 1.82) is 0 Å². The Labute approximate surface area is 95.4 Å². The molecule has 0 saturated heterocycles. The van der Waals surface area contributed by atoms with Gasteiger partial charge >= 0.3 is 0 Å². The van der Waals surface area contributed by atoms with Crippen LogP contribution in [0.25, 0.3) is 0 Å². The number of furan rings is 1. The molecule has 4 nitrogen and oxygen atoms in total. The summed E-state index contributed by atoms with van der Waals surface area (Å²) in [5, 5.41) is 6.20. The molecule has 2 N–H and O–H groups in total. The molecule has 0 spiro atoms. The van der Waals surface area contributed by atoms with Crippen LogP contribution < -0.4 is 10.6 Å². The van der Waals surface area contributed by atoms with E-state index >= 15 is 0 Å². The van der Waals surface area contributed by atoms with Gasteiger partial charge in [0.15, 0.2) is 0 Å². The fraction of sp³-hybridized carbons (Fsp3) is 0.583. The van der Waals surface area contributed by atoms with Crippen molar-refractivity contribution in [3.8, 4) is 0 Å². The van der Waals surface area contributed by atoms with E-state index in [1.165, 1.54) is 5.56 Å². The number of carbonyl (C=O) groups is 1. The molecule has 1 aromatic rings. The fourth-order valence-corrected chi connectivity index (χ4v) is 2.06. The molecule has 2 rings (SSSR count). The zero-order valence-electron chi connectivity index (χ0n) is 9.75. The first kappa shape index (κ1) is 11.2. The van der Waals surface area contributed by atoms with E-state index in [4.69, 9.17) is 4.42 Å². The lowest BCUT2D eigenvalue weighted by Gasteiger charge is -2.22. The van der Waals surface area contributed by atoms with Crippen LogP contribution in [-0.4, -0.2) is 18.5 Å². The van der Waals surface area contributed by atoms with Gasteiger partial charge in [0.25, 0.3) is 0 Å². The van der Waals surface area contributed by atoms with E-state index in [0.717, 1.165) is 18.7 Å². The first-order valence-electron chi connectivity index (χ1n) is 5.76. The molecule has 1 atom stereocenters. The number of hydrogen-bond acceptors (Lipinski definition) is 3. The van der Waals surface area contributed by atoms with Crippen molar-refractivity contribution in [2.24, 2.45) is 0 Å². The Morgan fingerprint density at radius 1 is 1.69 bits per heavy atom. The third-order valence-electron chi connectivity index (χ3n) is 2.72. The first-order chi connectivity index (χ1) is 7.66. The number of carbonyl (C=O) groups excluding carboxylic acids is 1. The Balaban J connectivity index is 2.00. The van der Waals surface area contributed by atoms with Gasteiger partial charge in [0, 0.05) is 12.5 Å². The second-order valence-electron chi connectivity index (χ2n) is 4.49. The highest BCUT2D eigenvalue weighted by atomic mass is 16.3. The largest absolute Gasteiger partial charge is 0.467 e. The van der Waals surface area contributed by atoms with Crippen molar-refractivity contribution in [3.63, 3.8) is 0 Å². The van der Waals surface area contributed by atoms with Gasteiger partial charge in [0.05, 0.1) is 12.3 Å². The van der Waals surface area contributed by atoms with Gasteiger partial charge < -0.3 is 15.1 Å². The molecule has 2 heterocycles. The molecular weight excluding hydrogens is 204 g/mol. The maximum atomic E-state index is 11.7. The third-order valence-corrected chi connectivity index (χ3v) is 2.72. The molecule has 88 valence electrons. The summed E-state index contributed by atoms with van der Waals surface area (Å²) in [4.78, 5) is 11.7. The fourth-order valence-electron chi connectivity index (χ4n) is 2.06. The molecule has 16 heavy (non-hydrogen) atoms. The van der Waals surface area contributed by atoms with Crippen molar-refractivity contribution in [2.75, 3.05) is 6.54 Å². The van der Waals surface area contributed by atoms with Crippen LogP contribution in [0.1, 0.15) is 37.6 Å². The van der Waals surface area contributed by atoms with Crippen molar-refractivity contribution in [3.05, 3.63) is 23.7 Å². The van der Waals surface area contributed by atoms with Crippen LogP contribution in [0, 0.1) is 0 Å². The summed E-state index contributed by atoms with van der Waals surface area (Å²) in [5.41, 5.74) is 1.22. The van der Waals surface area contributed by atoms with Gasteiger partial charge in [-0.1, -0.05) is 0 Å². The summed E-state index contributed by atoms with van der Waals surface area (Å²) in [5.74, 6) is 0.988. The van der Waals surface area contributed by atoms with Gasteiger partial charge in [-0.2, -0.15) is 0 Å². The highest BCUT2D eigenvalue weighted by Crippen LogP contribution is 2.25. The van der Waals surface area contributed by atoms with Crippen LogP contribution in [0.5, 0.6) is 0 Å². The Morgan fingerprint density at radius 3 is 3.25 bits per heavy atom. The lowest BCUT2D eigenvalue weighted by Crippen LogP contribution is -2.36. The van der Waals surface area contributed by atoms with Crippen molar-refractivity contribution in [1.82, 2.24) is 10.6 Å². The van der Waals surface area contributed by atoms with Gasteiger partial charge in [-0.15, -0.1) is 0 Å². The standard InChI is InChI=1S/C12H18N2O2/c1-8(2)14-11(15)7-10-12-9(3-5-13-10)4-6-16-12/h4,6,8,10,13H,3,5,7H2,1-2H3,(H,14,15). The molecule has 1 aliphatic heterocycles. The molecule has 0 aliphatic carbocycles. The lowest BCUT2D eigenvalue weighted by atomic mass is 10.0. The Bertz CT molecular complexity index is 371. The average molecular weight is 222 g/mol. The van der Waals surface area contributed by atoms with Gasteiger partial charge in [-0.3, -0.25) is 4.79 Å². The van der Waals surface area contributed by atoms with E-state index < -0.39 is 0 Å². The summed E-state index contributed by atoms with van der Waals surface area (Å²) < 4.78 is 5.43. The number of nitrogens with one attached hydrogen (secondary N) is 2. The SMILES string of the molecule is CC(C)NC(=O)CC1NCCc2ccoc21. The molecule has 0 aromatic carbocycles. The average Bonchev–Trinajstić information content (AvgIpc) is 2.65. The van der Waals surface area contributed by atoms with Crippen molar-refractivity contribution in [2.45, 2.75) is 38.8 Å². The molecule has 0 bridgehead atoms. The van der Waals surface area contributed by atoms with Crippen LogP contribution in [0.15, 0.2) is 16.7 Å². The lowest BCUT2D eigenvalue weighted by molar-refractivity contribution is -0.122. The number of hydrogen-bond donors (Lipinski definition) is 2. The van der Waals surface area contributed by atoms with E-state index in [1.807, 2.05) is 19.9 Å². The summed E-state index contributed by atoms with van der Waals surface area (Å²) >= 11 is 0. The van der Waals surface area contributed by atoms with E-state index in [-0.39, 0.29) is 18.0 Å². The number of fused-ring (bicyclic) bond motifs is 1. The van der Waals surface area contributed by atoms with Crippen LogP contribution in [0.3, 0.4) is 0 Å². The number of amides is 1. The highest BCUT2D eigenvalue weighted by Gasteiger charge is 2.24. The second-order valence-corrected chi connectivity index (χ2v) is 4.49. The van der Waals surface area contributed by atoms with E-state index in [9.17, 15) is 4.79 Å². The predicted octanol–water partition coefficient (Wildman–Crippen LogP) is 1.38. The van der Waals surface area contributed by atoms with Gasteiger partial charge in [-0.25, -0.2) is 0 Å². The van der Waals surface area contributed by atoms with Crippen molar-refractivity contribution >= 4 is 5.91 Å². The minimum atomic E-state index is 0.0255. The van der Waals surface area contributed by atoms with Crippen molar-refractivity contribution < 1.29 is 9.21 Å². The Morgan fingerprint density at radius 2 is 2.50 bits per heavy atom. The normalized spacial score (nSPS) is 19.6. The quantitative estimate of drug-likeness (QED) is 0.812. The monoisotopic (exact) mass is 222 g/mol. The molecule has 0 fully saturated rings. The molecule has 1 unspecified atom stereocenters. The van der Waals surface area contributed by atoms with Crippen LogP contribution in [-0.2, 0) is 11.2 Å². The molecule has 1 aromatic heterocycles. The third kappa shape index (κ3) is 2.44. The van der Waals surface area contributed by atoms with Gasteiger partial charge in [0.1, 0.15) is 5.76 Å². The minimum absolute atomic E-state index is 0.0255. The molecular formula is C12H18N2O2. The maximum absolute atomic E-state index is 11.7. The van der Waals surface area contributed by atoms with E-state index in [2.05, 4.69) is 10.6 Å². The summed E-state index contributed by atoms with van der Waals surface area (Å²) in [6.45, 7) is 4.83.